The van der Waals surface area contributed by atoms with Crippen molar-refractivity contribution in [2.45, 2.75) is 25.7 Å². The minimum absolute atomic E-state index is 0.159. The Hall–Kier alpha value is -1.26. The maximum atomic E-state index is 11.7. The summed E-state index contributed by atoms with van der Waals surface area (Å²) in [5, 5.41) is 6.32. The van der Waals surface area contributed by atoms with E-state index in [1.807, 2.05) is 0 Å². The van der Waals surface area contributed by atoms with E-state index in [0.717, 1.165) is 25.1 Å². The van der Waals surface area contributed by atoms with E-state index in [1.165, 1.54) is 25.9 Å². The maximum absolute atomic E-state index is 11.7. The molecular formula is C15H22ClN3O. The third-order valence-electron chi connectivity index (χ3n) is 3.49. The van der Waals surface area contributed by atoms with Gasteiger partial charge in [0.2, 0.25) is 0 Å². The number of amides is 2. The zero-order valence-corrected chi connectivity index (χ0v) is 12.5. The first-order chi connectivity index (χ1) is 9.74. The zero-order valence-electron chi connectivity index (χ0n) is 11.7. The molecule has 1 saturated heterocycles. The molecule has 1 aromatic rings. The molecule has 0 aromatic heterocycles. The second kappa shape index (κ2) is 8.12. The first kappa shape index (κ1) is 15.1. The third kappa shape index (κ3) is 5.39. The highest BCUT2D eigenvalue weighted by atomic mass is 35.5. The summed E-state index contributed by atoms with van der Waals surface area (Å²) in [6.45, 7) is 4.35. The smallest absolute Gasteiger partial charge is 0.319 e. The van der Waals surface area contributed by atoms with Crippen LogP contribution >= 0.6 is 11.6 Å². The number of likely N-dealkylation sites (tertiary alicyclic amines) is 1. The Morgan fingerprint density at radius 3 is 2.55 bits per heavy atom. The van der Waals surface area contributed by atoms with Crippen LogP contribution in [0.3, 0.4) is 0 Å². The van der Waals surface area contributed by atoms with Gasteiger partial charge in [-0.2, -0.15) is 0 Å². The molecule has 1 aliphatic heterocycles. The van der Waals surface area contributed by atoms with Crippen molar-refractivity contribution in [2.75, 3.05) is 31.5 Å². The Kier molecular flexibility index (Phi) is 6.15. The topological polar surface area (TPSA) is 44.4 Å². The number of benzene rings is 1. The van der Waals surface area contributed by atoms with E-state index in [9.17, 15) is 4.79 Å². The summed E-state index contributed by atoms with van der Waals surface area (Å²) in [6, 6.07) is 6.93. The highest BCUT2D eigenvalue weighted by Crippen LogP contribution is 2.13. The third-order valence-corrected chi connectivity index (χ3v) is 3.74. The van der Waals surface area contributed by atoms with Crippen LogP contribution in [0.2, 0.25) is 5.02 Å². The van der Waals surface area contributed by atoms with Gasteiger partial charge in [0.05, 0.1) is 0 Å². The molecule has 0 spiro atoms. The minimum atomic E-state index is -0.159. The molecule has 2 amide bonds. The molecule has 5 heteroatoms. The van der Waals surface area contributed by atoms with Crippen molar-refractivity contribution in [1.29, 1.82) is 0 Å². The summed E-state index contributed by atoms with van der Waals surface area (Å²) in [6.07, 6.45) is 4.83. The van der Waals surface area contributed by atoms with E-state index in [-0.39, 0.29) is 6.03 Å². The van der Waals surface area contributed by atoms with Crippen molar-refractivity contribution in [1.82, 2.24) is 10.2 Å². The van der Waals surface area contributed by atoms with Gasteiger partial charge in [-0.25, -0.2) is 4.79 Å². The Morgan fingerprint density at radius 2 is 1.85 bits per heavy atom. The van der Waals surface area contributed by atoms with Crippen LogP contribution in [0.5, 0.6) is 0 Å². The quantitative estimate of drug-likeness (QED) is 0.791. The van der Waals surface area contributed by atoms with Crippen LogP contribution in [-0.2, 0) is 0 Å². The summed E-state index contributed by atoms with van der Waals surface area (Å²) < 4.78 is 0. The second-order valence-corrected chi connectivity index (χ2v) is 5.58. The maximum Gasteiger partial charge on any atom is 0.319 e. The Balaban J connectivity index is 1.54. The van der Waals surface area contributed by atoms with Crippen molar-refractivity contribution in [3.05, 3.63) is 29.3 Å². The van der Waals surface area contributed by atoms with E-state index >= 15 is 0 Å². The second-order valence-electron chi connectivity index (χ2n) is 5.14. The normalized spacial score (nSPS) is 15.2. The first-order valence-corrected chi connectivity index (χ1v) is 7.64. The zero-order chi connectivity index (χ0) is 14.2. The molecule has 2 N–H and O–H groups in total. The van der Waals surface area contributed by atoms with Crippen LogP contribution in [-0.4, -0.2) is 37.1 Å². The molecule has 0 atom stereocenters. The van der Waals surface area contributed by atoms with E-state index in [0.29, 0.717) is 11.6 Å². The fourth-order valence-electron chi connectivity index (χ4n) is 2.38. The van der Waals surface area contributed by atoms with Gasteiger partial charge < -0.3 is 15.5 Å². The number of unbranched alkanes of at least 4 members (excludes halogenated alkanes) is 1. The highest BCUT2D eigenvalue weighted by Gasteiger charge is 2.10. The average Bonchev–Trinajstić information content (AvgIpc) is 2.94. The molecule has 110 valence electrons. The number of nitrogens with zero attached hydrogens (tertiary/aromatic N) is 1. The van der Waals surface area contributed by atoms with Crippen LogP contribution in [0.15, 0.2) is 24.3 Å². The van der Waals surface area contributed by atoms with Gasteiger partial charge in [-0.1, -0.05) is 11.6 Å². The molecule has 20 heavy (non-hydrogen) atoms. The number of anilines is 1. The van der Waals surface area contributed by atoms with Crippen molar-refractivity contribution >= 4 is 23.3 Å². The van der Waals surface area contributed by atoms with Crippen LogP contribution in [0, 0.1) is 0 Å². The van der Waals surface area contributed by atoms with Crippen LogP contribution in [0.1, 0.15) is 25.7 Å². The van der Waals surface area contributed by atoms with Crippen LogP contribution < -0.4 is 10.6 Å². The van der Waals surface area contributed by atoms with Gasteiger partial charge in [0, 0.05) is 17.3 Å². The minimum Gasteiger partial charge on any atom is -0.338 e. The lowest BCUT2D eigenvalue weighted by Gasteiger charge is -2.14. The molecule has 4 nitrogen and oxygen atoms in total. The molecule has 2 rings (SSSR count). The van der Waals surface area contributed by atoms with Crippen molar-refractivity contribution in [3.63, 3.8) is 0 Å². The van der Waals surface area contributed by atoms with E-state index in [4.69, 9.17) is 11.6 Å². The van der Waals surface area contributed by atoms with Gasteiger partial charge in [0.25, 0.3) is 0 Å². The molecular weight excluding hydrogens is 274 g/mol. The van der Waals surface area contributed by atoms with Gasteiger partial charge >= 0.3 is 6.03 Å². The Morgan fingerprint density at radius 1 is 1.15 bits per heavy atom. The van der Waals surface area contributed by atoms with Gasteiger partial charge in [0.15, 0.2) is 0 Å². The summed E-state index contributed by atoms with van der Waals surface area (Å²) in [7, 11) is 0. The number of nitrogens with one attached hydrogen (secondary N) is 2. The number of urea groups is 1. The van der Waals surface area contributed by atoms with Gasteiger partial charge in [-0.05, 0) is 69.6 Å². The summed E-state index contributed by atoms with van der Waals surface area (Å²) in [4.78, 5) is 14.1. The molecule has 1 aromatic carbocycles. The van der Waals surface area contributed by atoms with Gasteiger partial charge in [-0.15, -0.1) is 0 Å². The van der Waals surface area contributed by atoms with Crippen molar-refractivity contribution in [2.24, 2.45) is 0 Å². The molecule has 0 radical (unpaired) electrons. The summed E-state index contributed by atoms with van der Waals surface area (Å²) in [5.74, 6) is 0. The fraction of sp³-hybridized carbons (Fsp3) is 0.533. The number of hydrogen-bond donors (Lipinski definition) is 2. The lowest BCUT2D eigenvalue weighted by atomic mass is 10.3. The molecule has 1 heterocycles. The lowest BCUT2D eigenvalue weighted by molar-refractivity contribution is 0.251. The SMILES string of the molecule is O=C(NCCCCN1CCCC1)Nc1ccc(Cl)cc1. The van der Waals surface area contributed by atoms with Crippen molar-refractivity contribution in [3.8, 4) is 0 Å². The molecule has 1 fully saturated rings. The van der Waals surface area contributed by atoms with Crippen LogP contribution in [0.25, 0.3) is 0 Å². The molecule has 0 saturated carbocycles. The number of hydrogen-bond acceptors (Lipinski definition) is 2. The predicted octanol–water partition coefficient (Wildman–Crippen LogP) is 3.34. The number of carbonyl (C=O) groups excluding carboxylic acids is 1. The van der Waals surface area contributed by atoms with Gasteiger partial charge in [-0.3, -0.25) is 0 Å². The number of carbonyl (C=O) groups is 1. The lowest BCUT2D eigenvalue weighted by Crippen LogP contribution is -2.30. The van der Waals surface area contributed by atoms with Crippen molar-refractivity contribution < 1.29 is 4.79 Å². The molecule has 0 unspecified atom stereocenters. The first-order valence-electron chi connectivity index (χ1n) is 7.27. The number of halogens is 1. The Labute approximate surface area is 125 Å². The molecule has 0 aliphatic carbocycles. The Bertz CT molecular complexity index is 416. The highest BCUT2D eigenvalue weighted by molar-refractivity contribution is 6.30. The standard InChI is InChI=1S/C15H22ClN3O/c16-13-5-7-14(8-6-13)18-15(20)17-9-1-2-10-19-11-3-4-12-19/h5-8H,1-4,9-12H2,(H2,17,18,20). The van der Waals surface area contributed by atoms with E-state index in [2.05, 4.69) is 15.5 Å². The van der Waals surface area contributed by atoms with Crippen LogP contribution in [0.4, 0.5) is 10.5 Å². The van der Waals surface area contributed by atoms with E-state index in [1.54, 1.807) is 24.3 Å². The summed E-state index contributed by atoms with van der Waals surface area (Å²) in [5.41, 5.74) is 0.754. The fourth-order valence-corrected chi connectivity index (χ4v) is 2.50. The molecule has 1 aliphatic rings. The molecule has 0 bridgehead atoms. The predicted molar refractivity (Wildman–Crippen MR) is 83.4 cm³/mol. The van der Waals surface area contributed by atoms with Gasteiger partial charge in [0.1, 0.15) is 0 Å². The van der Waals surface area contributed by atoms with E-state index < -0.39 is 0 Å². The largest absolute Gasteiger partial charge is 0.338 e. The number of rotatable bonds is 6. The summed E-state index contributed by atoms with van der Waals surface area (Å²) >= 11 is 5.79. The average molecular weight is 296 g/mol. The monoisotopic (exact) mass is 295 g/mol.